The summed E-state index contributed by atoms with van der Waals surface area (Å²) in [6.07, 6.45) is 4.69. The van der Waals surface area contributed by atoms with Crippen LogP contribution in [0.25, 0.3) is 0 Å². The first-order valence-corrected chi connectivity index (χ1v) is 4.68. The van der Waals surface area contributed by atoms with Crippen LogP contribution >= 0.6 is 0 Å². The number of aromatic nitrogens is 1. The van der Waals surface area contributed by atoms with Crippen molar-refractivity contribution < 1.29 is 0 Å². The predicted octanol–water partition coefficient (Wildman–Crippen LogP) is 2.31. The molecule has 0 aliphatic rings. The third-order valence-electron chi connectivity index (χ3n) is 2.09. The third-order valence-corrected chi connectivity index (χ3v) is 2.09. The third kappa shape index (κ3) is 3.55. The summed E-state index contributed by atoms with van der Waals surface area (Å²) < 4.78 is 0. The van der Waals surface area contributed by atoms with Gasteiger partial charge in [-0.2, -0.15) is 0 Å². The van der Waals surface area contributed by atoms with E-state index < -0.39 is 0 Å². The second-order valence-electron chi connectivity index (χ2n) is 4.38. The monoisotopic (exact) mass is 178 g/mol. The van der Waals surface area contributed by atoms with Gasteiger partial charge in [0, 0.05) is 17.9 Å². The molecule has 0 saturated heterocycles. The zero-order valence-corrected chi connectivity index (χ0v) is 8.62. The minimum atomic E-state index is -0.102. The van der Waals surface area contributed by atoms with Crippen LogP contribution in [0.5, 0.6) is 0 Å². The zero-order valence-electron chi connectivity index (χ0n) is 8.62. The van der Waals surface area contributed by atoms with E-state index in [1.165, 1.54) is 5.56 Å². The number of pyridine rings is 1. The Labute approximate surface area is 80.2 Å². The molecule has 0 bridgehead atoms. The topological polar surface area (TPSA) is 38.9 Å². The summed E-state index contributed by atoms with van der Waals surface area (Å²) in [5, 5.41) is 0. The molecule has 0 aliphatic heterocycles. The minimum absolute atomic E-state index is 0.102. The first kappa shape index (κ1) is 10.2. The van der Waals surface area contributed by atoms with Crippen LogP contribution in [-0.2, 0) is 0 Å². The minimum Gasteiger partial charge on any atom is -0.326 e. The van der Waals surface area contributed by atoms with Gasteiger partial charge in [-0.25, -0.2) is 0 Å². The fourth-order valence-electron chi connectivity index (χ4n) is 1.57. The van der Waals surface area contributed by atoms with Crippen LogP contribution in [0, 0.1) is 0 Å². The lowest BCUT2D eigenvalue weighted by molar-refractivity contribution is 0.437. The molecule has 1 aromatic rings. The normalized spacial score (nSPS) is 14.2. The van der Waals surface area contributed by atoms with Crippen LogP contribution in [0.3, 0.4) is 0 Å². The van der Waals surface area contributed by atoms with E-state index in [0.29, 0.717) is 5.92 Å². The van der Waals surface area contributed by atoms with Crippen molar-refractivity contribution in [2.75, 3.05) is 0 Å². The lowest BCUT2D eigenvalue weighted by Crippen LogP contribution is -2.33. The number of nitrogens with zero attached hydrogens (tertiary/aromatic N) is 1. The van der Waals surface area contributed by atoms with E-state index in [1.54, 1.807) is 6.20 Å². The molecule has 1 unspecified atom stereocenters. The van der Waals surface area contributed by atoms with Gasteiger partial charge >= 0.3 is 0 Å². The van der Waals surface area contributed by atoms with Crippen molar-refractivity contribution in [1.82, 2.24) is 4.98 Å². The molecule has 2 heteroatoms. The Balaban J connectivity index is 2.64. The molecule has 1 rings (SSSR count). The molecule has 0 radical (unpaired) electrons. The summed E-state index contributed by atoms with van der Waals surface area (Å²) in [6, 6.07) is 4.07. The highest BCUT2D eigenvalue weighted by Crippen LogP contribution is 2.22. The number of hydrogen-bond acceptors (Lipinski definition) is 2. The van der Waals surface area contributed by atoms with Crippen molar-refractivity contribution in [3.8, 4) is 0 Å². The lowest BCUT2D eigenvalue weighted by atomic mass is 9.89. The van der Waals surface area contributed by atoms with Crippen LogP contribution in [0.1, 0.15) is 38.7 Å². The Hall–Kier alpha value is -0.890. The Morgan fingerprint density at radius 2 is 2.23 bits per heavy atom. The van der Waals surface area contributed by atoms with E-state index in [4.69, 9.17) is 5.73 Å². The summed E-state index contributed by atoms with van der Waals surface area (Å²) in [7, 11) is 0. The van der Waals surface area contributed by atoms with Crippen LogP contribution in [0.15, 0.2) is 24.5 Å². The van der Waals surface area contributed by atoms with Gasteiger partial charge in [-0.05, 0) is 37.8 Å². The average molecular weight is 178 g/mol. The van der Waals surface area contributed by atoms with Crippen LogP contribution in [0.4, 0.5) is 0 Å². The van der Waals surface area contributed by atoms with Crippen molar-refractivity contribution in [2.45, 2.75) is 38.6 Å². The van der Waals surface area contributed by atoms with E-state index in [2.05, 4.69) is 31.8 Å². The van der Waals surface area contributed by atoms with Crippen molar-refractivity contribution >= 4 is 0 Å². The van der Waals surface area contributed by atoms with Crippen LogP contribution in [0.2, 0.25) is 0 Å². The first-order valence-electron chi connectivity index (χ1n) is 4.68. The van der Waals surface area contributed by atoms with E-state index in [-0.39, 0.29) is 5.54 Å². The van der Waals surface area contributed by atoms with Gasteiger partial charge in [-0.3, -0.25) is 4.98 Å². The van der Waals surface area contributed by atoms with Crippen molar-refractivity contribution in [2.24, 2.45) is 5.73 Å². The maximum Gasteiger partial charge on any atom is 0.0302 e. The Kier molecular flexibility index (Phi) is 3.04. The molecule has 0 spiro atoms. The number of hydrogen-bond donors (Lipinski definition) is 1. The molecule has 1 aromatic heterocycles. The van der Waals surface area contributed by atoms with E-state index >= 15 is 0 Å². The predicted molar refractivity (Wildman–Crippen MR) is 55.5 cm³/mol. The van der Waals surface area contributed by atoms with Gasteiger partial charge in [0.1, 0.15) is 0 Å². The zero-order chi connectivity index (χ0) is 9.90. The summed E-state index contributed by atoms with van der Waals surface area (Å²) in [6.45, 7) is 6.30. The molecule has 1 atom stereocenters. The smallest absolute Gasteiger partial charge is 0.0302 e. The number of rotatable bonds is 3. The van der Waals surface area contributed by atoms with Gasteiger partial charge in [-0.15, -0.1) is 0 Å². The largest absolute Gasteiger partial charge is 0.326 e. The molecule has 2 N–H and O–H groups in total. The van der Waals surface area contributed by atoms with Crippen LogP contribution in [-0.4, -0.2) is 10.5 Å². The molecule has 13 heavy (non-hydrogen) atoms. The number of nitrogens with two attached hydrogens (primary N) is 1. The Morgan fingerprint density at radius 3 is 2.69 bits per heavy atom. The van der Waals surface area contributed by atoms with Gasteiger partial charge < -0.3 is 5.73 Å². The van der Waals surface area contributed by atoms with E-state index in [0.717, 1.165) is 6.42 Å². The van der Waals surface area contributed by atoms with Gasteiger partial charge in [-0.1, -0.05) is 13.0 Å². The highest BCUT2D eigenvalue weighted by atomic mass is 14.7. The molecule has 1 heterocycles. The fourth-order valence-corrected chi connectivity index (χ4v) is 1.57. The molecule has 0 aliphatic carbocycles. The standard InChI is InChI=1S/C11H18N2/c1-9(7-11(2,3)12)10-5-4-6-13-8-10/h4-6,8-9H,7,12H2,1-3H3. The first-order chi connectivity index (χ1) is 5.99. The van der Waals surface area contributed by atoms with Gasteiger partial charge in [0.25, 0.3) is 0 Å². The molecule has 0 saturated carbocycles. The fraction of sp³-hybridized carbons (Fsp3) is 0.545. The molecule has 72 valence electrons. The molecule has 0 aromatic carbocycles. The SMILES string of the molecule is CC(CC(C)(C)N)c1cccnc1. The summed E-state index contributed by atoms with van der Waals surface area (Å²) in [5.41, 5.74) is 7.12. The summed E-state index contributed by atoms with van der Waals surface area (Å²) in [5.74, 6) is 0.480. The highest BCUT2D eigenvalue weighted by molar-refractivity contribution is 5.14. The molecular weight excluding hydrogens is 160 g/mol. The molecule has 0 amide bonds. The quantitative estimate of drug-likeness (QED) is 0.771. The molecule has 0 fully saturated rings. The van der Waals surface area contributed by atoms with Gasteiger partial charge in [0.05, 0.1) is 0 Å². The van der Waals surface area contributed by atoms with Crippen molar-refractivity contribution in [3.05, 3.63) is 30.1 Å². The Bertz CT molecular complexity index is 249. The lowest BCUT2D eigenvalue weighted by Gasteiger charge is -2.23. The van der Waals surface area contributed by atoms with Crippen LogP contribution < -0.4 is 5.73 Å². The summed E-state index contributed by atoms with van der Waals surface area (Å²) in [4.78, 5) is 4.09. The Morgan fingerprint density at radius 1 is 1.54 bits per heavy atom. The van der Waals surface area contributed by atoms with Gasteiger partial charge in [0.2, 0.25) is 0 Å². The second kappa shape index (κ2) is 3.88. The maximum atomic E-state index is 5.95. The van der Waals surface area contributed by atoms with Gasteiger partial charge in [0.15, 0.2) is 0 Å². The molecular formula is C11H18N2. The van der Waals surface area contributed by atoms with E-state index in [9.17, 15) is 0 Å². The van der Waals surface area contributed by atoms with Crippen molar-refractivity contribution in [3.63, 3.8) is 0 Å². The van der Waals surface area contributed by atoms with Crippen molar-refractivity contribution in [1.29, 1.82) is 0 Å². The highest BCUT2D eigenvalue weighted by Gasteiger charge is 2.16. The summed E-state index contributed by atoms with van der Waals surface area (Å²) >= 11 is 0. The maximum absolute atomic E-state index is 5.95. The average Bonchev–Trinajstić information content (AvgIpc) is 2.03. The molecule has 2 nitrogen and oxygen atoms in total. The second-order valence-corrected chi connectivity index (χ2v) is 4.38. The van der Waals surface area contributed by atoms with E-state index in [1.807, 2.05) is 12.3 Å².